The summed E-state index contributed by atoms with van der Waals surface area (Å²) in [5, 5.41) is 13.8. The Morgan fingerprint density at radius 2 is 0.667 bits per heavy atom. The van der Waals surface area contributed by atoms with Crippen molar-refractivity contribution < 1.29 is 13.3 Å². The van der Waals surface area contributed by atoms with Crippen LogP contribution in [0.4, 0.5) is 0 Å². The average molecular weight is 651 g/mol. The van der Waals surface area contributed by atoms with Crippen LogP contribution in [0.1, 0.15) is 0 Å². The first-order chi connectivity index (χ1) is 25.3. The van der Waals surface area contributed by atoms with Gasteiger partial charge in [-0.1, -0.05) is 121 Å². The van der Waals surface area contributed by atoms with Crippen molar-refractivity contribution in [2.75, 3.05) is 0 Å². The van der Waals surface area contributed by atoms with Crippen LogP contribution < -0.4 is 0 Å². The number of furan rings is 3. The Hall–Kier alpha value is -6.84. The zero-order chi connectivity index (χ0) is 33.2. The molecule has 3 aromatic heterocycles. The molecule has 0 unspecified atom stereocenters. The van der Waals surface area contributed by atoms with E-state index in [1.54, 1.807) is 0 Å². The van der Waals surface area contributed by atoms with Crippen molar-refractivity contribution in [2.45, 2.75) is 0 Å². The van der Waals surface area contributed by atoms with Gasteiger partial charge < -0.3 is 13.3 Å². The zero-order valence-corrected chi connectivity index (χ0v) is 27.2. The number of hydrogen-bond donors (Lipinski definition) is 0. The minimum Gasteiger partial charge on any atom is -0.456 e. The van der Waals surface area contributed by atoms with E-state index in [1.165, 1.54) is 38.1 Å². The summed E-state index contributed by atoms with van der Waals surface area (Å²) in [6.45, 7) is 0. The normalized spacial score (nSPS) is 12.3. The molecule has 3 heterocycles. The van der Waals surface area contributed by atoms with Crippen molar-refractivity contribution >= 4 is 98.1 Å². The molecule has 0 aliphatic rings. The number of fused-ring (bicyclic) bond motifs is 15. The van der Waals surface area contributed by atoms with Gasteiger partial charge in [-0.05, 0) is 91.0 Å². The van der Waals surface area contributed by atoms with Crippen LogP contribution in [0.3, 0.4) is 0 Å². The van der Waals surface area contributed by atoms with Crippen LogP contribution in [0.2, 0.25) is 0 Å². The van der Waals surface area contributed by atoms with Crippen LogP contribution in [0, 0.1) is 0 Å². The number of para-hydroxylation sites is 2. The molecule has 0 amide bonds. The van der Waals surface area contributed by atoms with Crippen LogP contribution in [-0.4, -0.2) is 0 Å². The lowest BCUT2D eigenvalue weighted by atomic mass is 9.85. The zero-order valence-electron chi connectivity index (χ0n) is 27.2. The maximum atomic E-state index is 6.70. The molecular formula is C48H26O3. The van der Waals surface area contributed by atoms with Crippen LogP contribution in [0.5, 0.6) is 0 Å². The second-order valence-corrected chi connectivity index (χ2v) is 13.5. The summed E-state index contributed by atoms with van der Waals surface area (Å²) >= 11 is 0. The van der Waals surface area contributed by atoms with E-state index in [1.807, 2.05) is 24.3 Å². The van der Waals surface area contributed by atoms with Gasteiger partial charge in [0, 0.05) is 32.3 Å². The first-order valence-corrected chi connectivity index (χ1v) is 17.3. The summed E-state index contributed by atoms with van der Waals surface area (Å²) in [7, 11) is 0. The highest BCUT2D eigenvalue weighted by Crippen LogP contribution is 2.48. The van der Waals surface area contributed by atoms with E-state index in [-0.39, 0.29) is 0 Å². The lowest BCUT2D eigenvalue weighted by Crippen LogP contribution is -1.90. The second-order valence-electron chi connectivity index (χ2n) is 13.5. The van der Waals surface area contributed by atoms with E-state index in [0.29, 0.717) is 0 Å². The predicted octanol–water partition coefficient (Wildman–Crippen LogP) is 14.2. The molecule has 12 aromatic rings. The summed E-state index contributed by atoms with van der Waals surface area (Å²) < 4.78 is 19.6. The SMILES string of the molecule is c1ccc2c(c1)oc1cc(-c3c4ccccc4c(-c4ccc5oc6c7oc8ccccc8c7c7ccccc7c6c5c4)c4ccccc34)ccc12. The summed E-state index contributed by atoms with van der Waals surface area (Å²) in [5.41, 5.74) is 9.80. The summed E-state index contributed by atoms with van der Waals surface area (Å²) in [6, 6.07) is 56.0. The first kappa shape index (κ1) is 27.0. The minimum atomic E-state index is 0.790. The van der Waals surface area contributed by atoms with Crippen LogP contribution in [-0.2, 0) is 0 Å². The highest BCUT2D eigenvalue weighted by Gasteiger charge is 2.23. The second kappa shape index (κ2) is 9.87. The molecule has 9 aromatic carbocycles. The molecule has 0 aliphatic heterocycles. The molecule has 0 spiro atoms. The molecule has 0 radical (unpaired) electrons. The van der Waals surface area contributed by atoms with Gasteiger partial charge in [0.05, 0.1) is 0 Å². The highest BCUT2D eigenvalue weighted by molar-refractivity contribution is 6.34. The standard InChI is InChI=1S/C48H26O3/c1-3-14-33-31(12-1)43(32-13-2-4-15-34(32)44(33)28-21-23-30-29-11-7-9-19-39(29)49-42(30)26-28)27-22-24-41-38(25-27)46-36-17-6-5-16-35(36)45-37-18-8-10-20-40(37)50-47(45)48(46)51-41/h1-26H. The lowest BCUT2D eigenvalue weighted by Gasteiger charge is -2.17. The minimum absolute atomic E-state index is 0.790. The quantitative estimate of drug-likeness (QED) is 0.175. The molecule has 12 rings (SSSR count). The van der Waals surface area contributed by atoms with Gasteiger partial charge >= 0.3 is 0 Å². The molecule has 0 aliphatic carbocycles. The molecule has 51 heavy (non-hydrogen) atoms. The van der Waals surface area contributed by atoms with Gasteiger partial charge in [-0.3, -0.25) is 0 Å². The van der Waals surface area contributed by atoms with E-state index in [4.69, 9.17) is 13.3 Å². The van der Waals surface area contributed by atoms with Crippen molar-refractivity contribution in [3.05, 3.63) is 158 Å². The Bertz CT molecular complexity index is 3370. The molecule has 0 saturated heterocycles. The van der Waals surface area contributed by atoms with Gasteiger partial charge in [-0.2, -0.15) is 0 Å². The average Bonchev–Trinajstić information content (AvgIpc) is 3.88. The molecule has 0 bridgehead atoms. The van der Waals surface area contributed by atoms with E-state index < -0.39 is 0 Å². The van der Waals surface area contributed by atoms with Gasteiger partial charge in [0.25, 0.3) is 0 Å². The third kappa shape index (κ3) is 3.62. The van der Waals surface area contributed by atoms with Crippen LogP contribution in [0.15, 0.2) is 171 Å². The lowest BCUT2D eigenvalue weighted by molar-refractivity contribution is 0.633. The van der Waals surface area contributed by atoms with Gasteiger partial charge in [0.15, 0.2) is 11.2 Å². The van der Waals surface area contributed by atoms with Crippen LogP contribution >= 0.6 is 0 Å². The topological polar surface area (TPSA) is 39.4 Å². The third-order valence-electron chi connectivity index (χ3n) is 10.8. The van der Waals surface area contributed by atoms with E-state index in [9.17, 15) is 0 Å². The third-order valence-corrected chi connectivity index (χ3v) is 10.8. The fourth-order valence-corrected chi connectivity index (χ4v) is 8.70. The first-order valence-electron chi connectivity index (χ1n) is 17.3. The number of benzene rings is 9. The maximum Gasteiger partial charge on any atom is 0.179 e. The number of hydrogen-bond acceptors (Lipinski definition) is 3. The van der Waals surface area contributed by atoms with Crippen molar-refractivity contribution in [2.24, 2.45) is 0 Å². The summed E-state index contributed by atoms with van der Waals surface area (Å²) in [6.07, 6.45) is 0. The smallest absolute Gasteiger partial charge is 0.179 e. The monoisotopic (exact) mass is 650 g/mol. The van der Waals surface area contributed by atoms with Crippen molar-refractivity contribution in [3.8, 4) is 22.3 Å². The van der Waals surface area contributed by atoms with E-state index in [2.05, 4.69) is 133 Å². The molecule has 236 valence electrons. The molecule has 0 fully saturated rings. The Morgan fingerprint density at radius 1 is 0.255 bits per heavy atom. The van der Waals surface area contributed by atoms with Gasteiger partial charge in [-0.25, -0.2) is 0 Å². The fourth-order valence-electron chi connectivity index (χ4n) is 8.70. The molecule has 3 nitrogen and oxygen atoms in total. The Morgan fingerprint density at radius 3 is 1.27 bits per heavy atom. The Labute approximate surface area is 290 Å². The van der Waals surface area contributed by atoms with Crippen molar-refractivity contribution in [1.29, 1.82) is 0 Å². The van der Waals surface area contributed by atoms with E-state index >= 15 is 0 Å². The predicted molar refractivity (Wildman–Crippen MR) is 212 cm³/mol. The molecule has 0 atom stereocenters. The summed E-state index contributed by atoms with van der Waals surface area (Å²) in [5.74, 6) is 0. The molecule has 0 saturated carbocycles. The molecular weight excluding hydrogens is 625 g/mol. The fraction of sp³-hybridized carbons (Fsp3) is 0. The van der Waals surface area contributed by atoms with E-state index in [0.717, 1.165) is 82.3 Å². The number of rotatable bonds is 2. The van der Waals surface area contributed by atoms with Crippen LogP contribution in [0.25, 0.3) is 120 Å². The Balaban J connectivity index is 1.16. The van der Waals surface area contributed by atoms with Gasteiger partial charge in [0.2, 0.25) is 0 Å². The van der Waals surface area contributed by atoms with Gasteiger partial charge in [-0.15, -0.1) is 0 Å². The molecule has 0 N–H and O–H groups in total. The Kier molecular flexibility index (Phi) is 5.23. The summed E-state index contributed by atoms with van der Waals surface area (Å²) in [4.78, 5) is 0. The largest absolute Gasteiger partial charge is 0.456 e. The van der Waals surface area contributed by atoms with Gasteiger partial charge in [0.1, 0.15) is 22.3 Å². The molecule has 3 heteroatoms. The maximum absolute atomic E-state index is 6.70. The van der Waals surface area contributed by atoms with Crippen molar-refractivity contribution in [1.82, 2.24) is 0 Å². The highest BCUT2D eigenvalue weighted by atomic mass is 16.4. The van der Waals surface area contributed by atoms with Crippen molar-refractivity contribution in [3.63, 3.8) is 0 Å².